The third-order valence-corrected chi connectivity index (χ3v) is 5.44. The Bertz CT molecular complexity index is 1140. The van der Waals surface area contributed by atoms with Gasteiger partial charge in [0.2, 0.25) is 5.91 Å². The summed E-state index contributed by atoms with van der Waals surface area (Å²) >= 11 is 0. The number of hydrogen-bond donors (Lipinski definition) is 1. The zero-order valence-corrected chi connectivity index (χ0v) is 20.3. The van der Waals surface area contributed by atoms with Gasteiger partial charge in [-0.2, -0.15) is 0 Å². The highest BCUT2D eigenvalue weighted by atomic mass is 16.5. The molecule has 6 nitrogen and oxygen atoms in total. The fourth-order valence-corrected chi connectivity index (χ4v) is 3.48. The maximum atomic E-state index is 13.0. The van der Waals surface area contributed by atoms with E-state index in [1.165, 1.54) is 14.2 Å². The number of hydrogen-bond acceptors (Lipinski definition) is 5. The lowest BCUT2D eigenvalue weighted by atomic mass is 9.91. The third-order valence-electron chi connectivity index (χ3n) is 5.44. The molecule has 3 rings (SSSR count). The first kappa shape index (κ1) is 24.7. The van der Waals surface area contributed by atoms with Crippen LogP contribution in [0.2, 0.25) is 0 Å². The van der Waals surface area contributed by atoms with Crippen LogP contribution in [0.15, 0.2) is 60.7 Å². The van der Waals surface area contributed by atoms with Crippen LogP contribution >= 0.6 is 0 Å². The quantitative estimate of drug-likeness (QED) is 0.481. The van der Waals surface area contributed by atoms with Gasteiger partial charge in [-0.1, -0.05) is 45.0 Å². The predicted molar refractivity (Wildman–Crippen MR) is 133 cm³/mol. The minimum Gasteiger partial charge on any atom is -0.465 e. The van der Waals surface area contributed by atoms with E-state index in [0.717, 1.165) is 27.8 Å². The lowest BCUT2D eigenvalue weighted by molar-refractivity contribution is -0.123. The second-order valence-corrected chi connectivity index (χ2v) is 9.08. The van der Waals surface area contributed by atoms with Gasteiger partial charge in [0, 0.05) is 16.5 Å². The van der Waals surface area contributed by atoms with Crippen LogP contribution in [0.1, 0.15) is 47.1 Å². The molecule has 0 heterocycles. The van der Waals surface area contributed by atoms with E-state index in [2.05, 4.69) is 5.32 Å². The minimum absolute atomic E-state index is 0.129. The van der Waals surface area contributed by atoms with E-state index in [1.54, 1.807) is 24.3 Å². The molecule has 0 fully saturated rings. The van der Waals surface area contributed by atoms with Gasteiger partial charge >= 0.3 is 11.9 Å². The molecule has 0 bridgehead atoms. The lowest BCUT2D eigenvalue weighted by Gasteiger charge is -2.23. The van der Waals surface area contributed by atoms with Gasteiger partial charge in [0.25, 0.3) is 0 Å². The topological polar surface area (TPSA) is 81.7 Å². The molecule has 0 spiro atoms. The Balaban J connectivity index is 2.19. The fourth-order valence-electron chi connectivity index (χ4n) is 3.48. The largest absolute Gasteiger partial charge is 0.465 e. The maximum absolute atomic E-state index is 13.0. The molecule has 0 saturated heterocycles. The summed E-state index contributed by atoms with van der Waals surface area (Å²) in [4.78, 5) is 36.7. The van der Waals surface area contributed by atoms with E-state index in [9.17, 15) is 14.4 Å². The summed E-state index contributed by atoms with van der Waals surface area (Å²) in [5, 5.41) is 3.12. The zero-order chi connectivity index (χ0) is 25.0. The highest BCUT2D eigenvalue weighted by Crippen LogP contribution is 2.39. The van der Waals surface area contributed by atoms with Crippen molar-refractivity contribution < 1.29 is 23.9 Å². The summed E-state index contributed by atoms with van der Waals surface area (Å²) in [5.74, 6) is -0.955. The molecule has 0 aliphatic heterocycles. The lowest BCUT2D eigenvalue weighted by Crippen LogP contribution is -2.28. The number of anilines is 1. The molecule has 3 aromatic carbocycles. The number of carbonyl (C=O) groups is 3. The van der Waals surface area contributed by atoms with Gasteiger partial charge in [-0.3, -0.25) is 4.79 Å². The van der Waals surface area contributed by atoms with Crippen LogP contribution in [0, 0.1) is 12.3 Å². The molecule has 0 aliphatic carbocycles. The van der Waals surface area contributed by atoms with Gasteiger partial charge in [0.05, 0.1) is 31.0 Å². The highest BCUT2D eigenvalue weighted by Gasteiger charge is 2.24. The first-order valence-electron chi connectivity index (χ1n) is 10.9. The molecule has 0 aliphatic rings. The molecule has 34 heavy (non-hydrogen) atoms. The molecular formula is C28H29NO5. The summed E-state index contributed by atoms with van der Waals surface area (Å²) in [5.41, 5.74) is 5.25. The first-order chi connectivity index (χ1) is 16.0. The van der Waals surface area contributed by atoms with Crippen molar-refractivity contribution in [3.05, 3.63) is 77.4 Å². The Hall–Kier alpha value is -3.93. The van der Waals surface area contributed by atoms with Gasteiger partial charge in [0.1, 0.15) is 0 Å². The molecule has 3 aromatic rings. The van der Waals surface area contributed by atoms with Gasteiger partial charge < -0.3 is 14.8 Å². The standard InChI is InChI=1S/C28H29NO5/c1-17-15-22(18-7-11-20(12-8-18)25(30)33-5)24(29-27(32)28(2,3)4)23(16-17)19-9-13-21(14-10-19)26(31)34-6/h7-16H,1-6H3,(H,29,32). The number of ether oxygens (including phenoxy) is 2. The molecule has 0 atom stereocenters. The number of esters is 2. The van der Waals surface area contributed by atoms with Gasteiger partial charge in [-0.05, 0) is 60.0 Å². The molecule has 0 aromatic heterocycles. The highest BCUT2D eigenvalue weighted by molar-refractivity contribution is 6.04. The van der Waals surface area contributed by atoms with Crippen molar-refractivity contribution in [2.24, 2.45) is 5.41 Å². The van der Waals surface area contributed by atoms with Crippen molar-refractivity contribution >= 4 is 23.5 Å². The molecular weight excluding hydrogens is 430 g/mol. The monoisotopic (exact) mass is 459 g/mol. The van der Waals surface area contributed by atoms with Crippen molar-refractivity contribution in [3.8, 4) is 22.3 Å². The molecule has 176 valence electrons. The van der Waals surface area contributed by atoms with Gasteiger partial charge in [-0.15, -0.1) is 0 Å². The second-order valence-electron chi connectivity index (χ2n) is 9.08. The van der Waals surface area contributed by atoms with Crippen LogP contribution in [-0.2, 0) is 14.3 Å². The molecule has 0 radical (unpaired) electrons. The number of nitrogens with one attached hydrogen (secondary N) is 1. The van der Waals surface area contributed by atoms with Crippen molar-refractivity contribution in [2.75, 3.05) is 19.5 Å². The summed E-state index contributed by atoms with van der Waals surface area (Å²) in [6, 6.07) is 18.1. The third kappa shape index (κ3) is 5.34. The van der Waals surface area contributed by atoms with Gasteiger partial charge in [-0.25, -0.2) is 9.59 Å². The smallest absolute Gasteiger partial charge is 0.337 e. The summed E-state index contributed by atoms with van der Waals surface area (Å²) in [6.45, 7) is 7.54. The van der Waals surface area contributed by atoms with E-state index in [-0.39, 0.29) is 5.91 Å². The Kier molecular flexibility index (Phi) is 7.20. The van der Waals surface area contributed by atoms with Crippen molar-refractivity contribution in [1.29, 1.82) is 0 Å². The van der Waals surface area contributed by atoms with E-state index >= 15 is 0 Å². The van der Waals surface area contributed by atoms with Crippen LogP contribution in [0.4, 0.5) is 5.69 Å². The summed E-state index contributed by atoms with van der Waals surface area (Å²) in [6.07, 6.45) is 0. The van der Waals surface area contributed by atoms with E-state index in [4.69, 9.17) is 9.47 Å². The second kappa shape index (κ2) is 9.91. The average Bonchev–Trinajstić information content (AvgIpc) is 2.83. The van der Waals surface area contributed by atoms with E-state index in [0.29, 0.717) is 16.8 Å². The minimum atomic E-state index is -0.608. The van der Waals surface area contributed by atoms with E-state index in [1.807, 2.05) is 64.1 Å². The van der Waals surface area contributed by atoms with Crippen molar-refractivity contribution in [3.63, 3.8) is 0 Å². The Morgan fingerprint density at radius 3 is 1.41 bits per heavy atom. The van der Waals surface area contributed by atoms with Crippen LogP contribution in [0.25, 0.3) is 22.3 Å². The van der Waals surface area contributed by atoms with Crippen molar-refractivity contribution in [2.45, 2.75) is 27.7 Å². The number of aryl methyl sites for hydroxylation is 1. The molecule has 1 amide bonds. The van der Waals surface area contributed by atoms with E-state index < -0.39 is 17.4 Å². The van der Waals surface area contributed by atoms with Crippen LogP contribution in [0.3, 0.4) is 0 Å². The van der Waals surface area contributed by atoms with Crippen LogP contribution in [0.5, 0.6) is 0 Å². The normalized spacial score (nSPS) is 11.0. The molecule has 1 N–H and O–H groups in total. The Morgan fingerprint density at radius 2 is 1.09 bits per heavy atom. The first-order valence-corrected chi connectivity index (χ1v) is 10.9. The summed E-state index contributed by atoms with van der Waals surface area (Å²) in [7, 11) is 2.68. The number of carbonyl (C=O) groups excluding carboxylic acids is 3. The SMILES string of the molecule is COC(=O)c1ccc(-c2cc(C)cc(-c3ccc(C(=O)OC)cc3)c2NC(=O)C(C)(C)C)cc1. The Morgan fingerprint density at radius 1 is 0.706 bits per heavy atom. The van der Waals surface area contributed by atoms with Gasteiger partial charge in [0.15, 0.2) is 0 Å². The Labute approximate surface area is 199 Å². The number of methoxy groups -OCH3 is 2. The average molecular weight is 460 g/mol. The molecule has 0 unspecified atom stereocenters. The predicted octanol–water partition coefficient (Wildman–Crippen LogP) is 5.89. The number of amides is 1. The van der Waals surface area contributed by atoms with Crippen LogP contribution in [-0.4, -0.2) is 32.1 Å². The number of benzene rings is 3. The molecule has 0 saturated carbocycles. The van der Waals surface area contributed by atoms with Crippen LogP contribution < -0.4 is 5.32 Å². The van der Waals surface area contributed by atoms with Crippen molar-refractivity contribution in [1.82, 2.24) is 0 Å². The fraction of sp³-hybridized carbons (Fsp3) is 0.250. The zero-order valence-electron chi connectivity index (χ0n) is 20.3. The number of rotatable bonds is 5. The molecule has 6 heteroatoms. The maximum Gasteiger partial charge on any atom is 0.337 e. The summed E-state index contributed by atoms with van der Waals surface area (Å²) < 4.78 is 9.59.